The van der Waals surface area contributed by atoms with Gasteiger partial charge in [-0.3, -0.25) is 4.90 Å². The fourth-order valence-electron chi connectivity index (χ4n) is 3.63. The number of rotatable bonds is 4. The van der Waals surface area contributed by atoms with E-state index >= 15 is 0 Å². The Morgan fingerprint density at radius 2 is 2.09 bits per heavy atom. The van der Waals surface area contributed by atoms with Crippen LogP contribution in [0.4, 0.5) is 4.79 Å². The first-order valence-corrected chi connectivity index (χ1v) is 8.66. The van der Waals surface area contributed by atoms with E-state index in [1.54, 1.807) is 0 Å². The summed E-state index contributed by atoms with van der Waals surface area (Å²) in [5.74, 6) is 0.894. The lowest BCUT2D eigenvalue weighted by atomic mass is 9.62. The van der Waals surface area contributed by atoms with Crippen LogP contribution < -0.4 is 11.1 Å². The summed E-state index contributed by atoms with van der Waals surface area (Å²) >= 11 is 0. The minimum absolute atomic E-state index is 0.180. The second kappa shape index (κ2) is 6.95. The van der Waals surface area contributed by atoms with Gasteiger partial charge in [0.1, 0.15) is 5.60 Å². The van der Waals surface area contributed by atoms with Crippen molar-refractivity contribution in [3.05, 3.63) is 0 Å². The van der Waals surface area contributed by atoms with Crippen LogP contribution in [-0.2, 0) is 9.47 Å². The Morgan fingerprint density at radius 1 is 1.43 bits per heavy atom. The minimum Gasteiger partial charge on any atom is -0.444 e. The summed E-state index contributed by atoms with van der Waals surface area (Å²) in [4.78, 5) is 14.4. The van der Waals surface area contributed by atoms with Crippen molar-refractivity contribution >= 4 is 6.09 Å². The highest BCUT2D eigenvalue weighted by Gasteiger charge is 2.53. The van der Waals surface area contributed by atoms with Gasteiger partial charge in [-0.1, -0.05) is 6.92 Å². The number of nitrogens with zero attached hydrogens (tertiary/aromatic N) is 1. The van der Waals surface area contributed by atoms with Crippen molar-refractivity contribution in [3.63, 3.8) is 0 Å². The second-order valence-electron chi connectivity index (χ2n) is 8.25. The Balaban J connectivity index is 1.99. The third kappa shape index (κ3) is 4.17. The van der Waals surface area contributed by atoms with Gasteiger partial charge in [-0.05, 0) is 39.5 Å². The first kappa shape index (κ1) is 18.5. The summed E-state index contributed by atoms with van der Waals surface area (Å²) in [5.41, 5.74) is 5.55. The van der Waals surface area contributed by atoms with Crippen LogP contribution in [0.2, 0.25) is 0 Å². The van der Waals surface area contributed by atoms with Crippen molar-refractivity contribution in [1.29, 1.82) is 0 Å². The normalized spacial score (nSPS) is 29.0. The van der Waals surface area contributed by atoms with Gasteiger partial charge >= 0.3 is 6.09 Å². The zero-order valence-electron chi connectivity index (χ0n) is 15.2. The molecule has 0 aromatic carbocycles. The first-order chi connectivity index (χ1) is 10.7. The van der Waals surface area contributed by atoms with E-state index in [2.05, 4.69) is 24.1 Å². The van der Waals surface area contributed by atoms with Gasteiger partial charge in [-0.2, -0.15) is 0 Å². The molecule has 2 aliphatic rings. The number of nitrogens with two attached hydrogens (primary N) is 1. The lowest BCUT2D eigenvalue weighted by Crippen LogP contribution is -2.65. The third-order valence-electron chi connectivity index (χ3n) is 5.36. The van der Waals surface area contributed by atoms with Gasteiger partial charge in [0.05, 0.1) is 13.2 Å². The van der Waals surface area contributed by atoms with Gasteiger partial charge in [0.25, 0.3) is 0 Å². The quantitative estimate of drug-likeness (QED) is 0.817. The molecule has 0 aromatic heterocycles. The molecular formula is C17H33N3O3. The average molecular weight is 327 g/mol. The fourth-order valence-corrected chi connectivity index (χ4v) is 3.63. The molecule has 134 valence electrons. The Hall–Kier alpha value is -0.850. The minimum atomic E-state index is -0.471. The molecule has 3 unspecified atom stereocenters. The number of hydrogen-bond donors (Lipinski definition) is 2. The first-order valence-electron chi connectivity index (χ1n) is 8.66. The largest absolute Gasteiger partial charge is 0.444 e. The summed E-state index contributed by atoms with van der Waals surface area (Å²) in [6.45, 7) is 14.9. The molecule has 2 aliphatic heterocycles. The lowest BCUT2D eigenvalue weighted by Gasteiger charge is -2.57. The Kier molecular flexibility index (Phi) is 5.59. The third-order valence-corrected chi connectivity index (χ3v) is 5.36. The van der Waals surface area contributed by atoms with Crippen molar-refractivity contribution in [2.75, 3.05) is 39.4 Å². The number of alkyl carbamates (subject to hydrolysis) is 1. The van der Waals surface area contributed by atoms with Crippen LogP contribution in [0.15, 0.2) is 0 Å². The predicted molar refractivity (Wildman–Crippen MR) is 90.2 cm³/mol. The molecule has 0 bridgehead atoms. The molecule has 1 spiro atoms. The van der Waals surface area contributed by atoms with Gasteiger partial charge in [-0.15, -0.1) is 0 Å². The number of ether oxygens (including phenoxy) is 2. The zero-order valence-corrected chi connectivity index (χ0v) is 15.2. The lowest BCUT2D eigenvalue weighted by molar-refractivity contribution is -0.201. The van der Waals surface area contributed by atoms with E-state index in [0.717, 1.165) is 26.3 Å². The Bertz CT molecular complexity index is 418. The highest BCUT2D eigenvalue weighted by atomic mass is 16.6. The molecule has 2 rings (SSSR count). The van der Waals surface area contributed by atoms with E-state index in [-0.39, 0.29) is 11.5 Å². The maximum atomic E-state index is 12.0. The monoisotopic (exact) mass is 327 g/mol. The number of nitrogens with one attached hydrogen (secondary N) is 1. The molecule has 0 aromatic rings. The van der Waals surface area contributed by atoms with Crippen molar-refractivity contribution in [3.8, 4) is 0 Å². The van der Waals surface area contributed by atoms with E-state index < -0.39 is 5.60 Å². The number of carbonyl (C=O) groups is 1. The highest BCUT2D eigenvalue weighted by molar-refractivity contribution is 5.67. The molecule has 6 nitrogen and oxygen atoms in total. The maximum Gasteiger partial charge on any atom is 0.407 e. The second-order valence-corrected chi connectivity index (χ2v) is 8.25. The SMILES string of the molecule is CC(CN)N1CC(C)C2(COC2)C(CNC(=O)OC(C)(C)C)C1. The molecule has 3 N–H and O–H groups in total. The molecule has 3 atom stereocenters. The highest BCUT2D eigenvalue weighted by Crippen LogP contribution is 2.46. The van der Waals surface area contributed by atoms with Crippen LogP contribution >= 0.6 is 0 Å². The number of likely N-dealkylation sites (tertiary alicyclic amines) is 1. The average Bonchev–Trinajstić information content (AvgIpc) is 2.39. The van der Waals surface area contributed by atoms with Gasteiger partial charge in [0.2, 0.25) is 0 Å². The predicted octanol–water partition coefficient (Wildman–Crippen LogP) is 1.44. The van der Waals surface area contributed by atoms with E-state index in [4.69, 9.17) is 15.2 Å². The molecule has 6 heteroatoms. The number of hydrogen-bond acceptors (Lipinski definition) is 5. The van der Waals surface area contributed by atoms with Gasteiger partial charge in [0, 0.05) is 37.6 Å². The molecule has 23 heavy (non-hydrogen) atoms. The van der Waals surface area contributed by atoms with Crippen molar-refractivity contribution in [1.82, 2.24) is 10.2 Å². The van der Waals surface area contributed by atoms with Crippen LogP contribution in [0, 0.1) is 17.3 Å². The summed E-state index contributed by atoms with van der Waals surface area (Å²) < 4.78 is 10.9. The van der Waals surface area contributed by atoms with Crippen LogP contribution in [0.3, 0.4) is 0 Å². The van der Waals surface area contributed by atoms with Crippen molar-refractivity contribution in [2.24, 2.45) is 23.0 Å². The molecule has 2 saturated heterocycles. The molecule has 0 radical (unpaired) electrons. The van der Waals surface area contributed by atoms with Gasteiger partial charge in [0.15, 0.2) is 0 Å². The smallest absolute Gasteiger partial charge is 0.407 e. The van der Waals surface area contributed by atoms with Crippen LogP contribution in [0.25, 0.3) is 0 Å². The molecule has 2 fully saturated rings. The van der Waals surface area contributed by atoms with Gasteiger partial charge < -0.3 is 20.5 Å². The molecule has 2 heterocycles. The van der Waals surface area contributed by atoms with Crippen molar-refractivity contribution in [2.45, 2.75) is 46.3 Å². The van der Waals surface area contributed by atoms with E-state index in [1.165, 1.54) is 0 Å². The Morgan fingerprint density at radius 3 is 2.57 bits per heavy atom. The summed E-state index contributed by atoms with van der Waals surface area (Å²) in [6.07, 6.45) is -0.343. The maximum absolute atomic E-state index is 12.0. The number of carbonyl (C=O) groups excluding carboxylic acids is 1. The standard InChI is InChI=1S/C17H33N3O3/c1-12-8-20(13(2)6-18)9-14(17(12)10-22-11-17)7-19-15(21)23-16(3,4)5/h12-14H,6-11,18H2,1-5H3,(H,19,21). The number of amides is 1. The fraction of sp³-hybridized carbons (Fsp3) is 0.941. The molecule has 0 saturated carbocycles. The molecule has 1 amide bonds. The summed E-state index contributed by atoms with van der Waals surface area (Å²) in [5, 5.41) is 2.96. The van der Waals surface area contributed by atoms with Gasteiger partial charge in [-0.25, -0.2) is 4.79 Å². The summed E-state index contributed by atoms with van der Waals surface area (Å²) in [6, 6.07) is 0.361. The van der Waals surface area contributed by atoms with E-state index in [9.17, 15) is 4.79 Å². The van der Waals surface area contributed by atoms with Crippen LogP contribution in [-0.4, -0.2) is 62.0 Å². The number of piperidine rings is 1. The molecular weight excluding hydrogens is 294 g/mol. The van der Waals surface area contributed by atoms with E-state index in [1.807, 2.05) is 20.8 Å². The summed E-state index contributed by atoms with van der Waals surface area (Å²) in [7, 11) is 0. The topological polar surface area (TPSA) is 76.8 Å². The van der Waals surface area contributed by atoms with Crippen LogP contribution in [0.5, 0.6) is 0 Å². The van der Waals surface area contributed by atoms with E-state index in [0.29, 0.717) is 31.0 Å². The molecule has 0 aliphatic carbocycles. The van der Waals surface area contributed by atoms with Crippen LogP contribution in [0.1, 0.15) is 34.6 Å². The zero-order chi connectivity index (χ0) is 17.3. The van der Waals surface area contributed by atoms with Crippen molar-refractivity contribution < 1.29 is 14.3 Å². The Labute approximate surface area is 140 Å².